The number of ether oxygens (including phenoxy) is 1. The van der Waals surface area contributed by atoms with Crippen LogP contribution >= 0.6 is 0 Å². The Morgan fingerprint density at radius 2 is 2.00 bits per heavy atom. The van der Waals surface area contributed by atoms with Crippen molar-refractivity contribution < 1.29 is 13.9 Å². The number of rotatable bonds is 3. The zero-order valence-electron chi connectivity index (χ0n) is 13.5. The highest BCUT2D eigenvalue weighted by atomic mass is 19.1. The predicted molar refractivity (Wildman–Crippen MR) is 85.8 cm³/mol. The number of likely N-dealkylation sites (tertiary alicyclic amines) is 1. The molecule has 1 saturated carbocycles. The van der Waals surface area contributed by atoms with Crippen LogP contribution in [0.25, 0.3) is 0 Å². The van der Waals surface area contributed by atoms with Crippen LogP contribution in [0.5, 0.6) is 0 Å². The van der Waals surface area contributed by atoms with Crippen LogP contribution in [0, 0.1) is 11.7 Å². The maximum absolute atomic E-state index is 13.2. The Morgan fingerprint density at radius 1 is 1.26 bits per heavy atom. The van der Waals surface area contributed by atoms with Gasteiger partial charge in [-0.1, -0.05) is 0 Å². The van der Waals surface area contributed by atoms with Crippen molar-refractivity contribution in [2.45, 2.75) is 37.8 Å². The molecule has 1 amide bonds. The van der Waals surface area contributed by atoms with Crippen molar-refractivity contribution in [2.24, 2.45) is 5.92 Å². The SMILES string of the molecule is C[C@@]12CN(CC3CC3)CC[C@H]1N(c1ccc(F)cc1)C(=O)CO2. The molecule has 1 aromatic carbocycles. The minimum absolute atomic E-state index is 0.0182. The van der Waals surface area contributed by atoms with Gasteiger partial charge in [0.25, 0.3) is 5.91 Å². The number of piperidine rings is 1. The van der Waals surface area contributed by atoms with E-state index in [4.69, 9.17) is 4.74 Å². The molecule has 3 fully saturated rings. The van der Waals surface area contributed by atoms with Crippen molar-refractivity contribution >= 4 is 11.6 Å². The third kappa shape index (κ3) is 2.88. The summed E-state index contributed by atoms with van der Waals surface area (Å²) in [5.41, 5.74) is 0.418. The molecular weight excluding hydrogens is 295 g/mol. The largest absolute Gasteiger partial charge is 0.362 e. The fourth-order valence-corrected chi connectivity index (χ4v) is 4.00. The second-order valence-corrected chi connectivity index (χ2v) is 7.32. The molecule has 0 N–H and O–H groups in total. The van der Waals surface area contributed by atoms with Crippen molar-refractivity contribution in [1.29, 1.82) is 0 Å². The molecule has 1 aromatic rings. The van der Waals surface area contributed by atoms with E-state index in [1.54, 1.807) is 12.1 Å². The van der Waals surface area contributed by atoms with E-state index >= 15 is 0 Å². The second kappa shape index (κ2) is 5.56. The number of fused-ring (bicyclic) bond motifs is 1. The molecule has 5 heteroatoms. The molecule has 0 spiro atoms. The molecule has 0 unspecified atom stereocenters. The summed E-state index contributed by atoms with van der Waals surface area (Å²) in [5.74, 6) is 0.541. The summed E-state index contributed by atoms with van der Waals surface area (Å²) in [6, 6.07) is 6.23. The monoisotopic (exact) mass is 318 g/mol. The Balaban J connectivity index is 1.57. The number of hydrogen-bond acceptors (Lipinski definition) is 3. The van der Waals surface area contributed by atoms with Crippen LogP contribution in [0.2, 0.25) is 0 Å². The summed E-state index contributed by atoms with van der Waals surface area (Å²) in [6.07, 6.45) is 3.59. The molecule has 0 radical (unpaired) electrons. The summed E-state index contributed by atoms with van der Waals surface area (Å²) in [5, 5.41) is 0. The van der Waals surface area contributed by atoms with Gasteiger partial charge in [0.2, 0.25) is 0 Å². The van der Waals surface area contributed by atoms with Gasteiger partial charge in [-0.05, 0) is 56.4 Å². The number of morpholine rings is 1. The van der Waals surface area contributed by atoms with E-state index in [1.165, 1.54) is 25.0 Å². The topological polar surface area (TPSA) is 32.8 Å². The van der Waals surface area contributed by atoms with Crippen LogP contribution in [0.4, 0.5) is 10.1 Å². The smallest absolute Gasteiger partial charge is 0.253 e. The molecule has 23 heavy (non-hydrogen) atoms. The molecule has 124 valence electrons. The van der Waals surface area contributed by atoms with E-state index in [0.717, 1.165) is 37.7 Å². The van der Waals surface area contributed by atoms with Gasteiger partial charge in [-0.3, -0.25) is 4.79 Å². The van der Waals surface area contributed by atoms with Crippen LogP contribution in [0.3, 0.4) is 0 Å². The van der Waals surface area contributed by atoms with Gasteiger partial charge in [0.15, 0.2) is 0 Å². The van der Waals surface area contributed by atoms with Crippen LogP contribution in [0.1, 0.15) is 26.2 Å². The Labute approximate surface area is 136 Å². The number of carbonyl (C=O) groups excluding carboxylic acids is 1. The first kappa shape index (κ1) is 15.1. The molecule has 1 aliphatic carbocycles. The molecule has 2 aliphatic heterocycles. The van der Waals surface area contributed by atoms with Gasteiger partial charge >= 0.3 is 0 Å². The Morgan fingerprint density at radius 3 is 2.70 bits per heavy atom. The predicted octanol–water partition coefficient (Wildman–Crippen LogP) is 2.43. The van der Waals surface area contributed by atoms with Crippen molar-refractivity contribution in [3.63, 3.8) is 0 Å². The number of nitrogens with zero attached hydrogens (tertiary/aromatic N) is 2. The first-order valence-electron chi connectivity index (χ1n) is 8.49. The molecule has 4 nitrogen and oxygen atoms in total. The minimum atomic E-state index is -0.352. The highest BCUT2D eigenvalue weighted by molar-refractivity contribution is 5.96. The van der Waals surface area contributed by atoms with E-state index in [2.05, 4.69) is 11.8 Å². The lowest BCUT2D eigenvalue weighted by atomic mass is 9.85. The summed E-state index contributed by atoms with van der Waals surface area (Å²) in [4.78, 5) is 16.7. The van der Waals surface area contributed by atoms with Crippen LogP contribution in [-0.4, -0.2) is 48.7 Å². The normalized spacial score (nSPS) is 32.0. The summed E-state index contributed by atoms with van der Waals surface area (Å²) in [6.45, 7) is 5.21. The number of carbonyl (C=O) groups is 1. The average molecular weight is 318 g/mol. The van der Waals surface area contributed by atoms with Crippen LogP contribution < -0.4 is 4.90 Å². The first-order chi connectivity index (χ1) is 11.0. The van der Waals surface area contributed by atoms with E-state index < -0.39 is 0 Å². The highest BCUT2D eigenvalue weighted by Gasteiger charge is 2.49. The van der Waals surface area contributed by atoms with Gasteiger partial charge in [0, 0.05) is 25.3 Å². The molecule has 2 atom stereocenters. The van der Waals surface area contributed by atoms with Gasteiger partial charge < -0.3 is 14.5 Å². The fourth-order valence-electron chi connectivity index (χ4n) is 4.00. The Hall–Kier alpha value is -1.46. The van der Waals surface area contributed by atoms with Gasteiger partial charge in [-0.25, -0.2) is 4.39 Å². The van der Waals surface area contributed by atoms with Crippen molar-refractivity contribution in [3.8, 4) is 0 Å². The standard InChI is InChI=1S/C18H23FN2O2/c1-18-12-20(10-13-2-3-13)9-8-16(18)21(17(22)11-23-18)15-6-4-14(19)5-7-15/h4-7,13,16H,2-3,8-12H2,1H3/t16-,18-/m1/s1. The van der Waals surface area contributed by atoms with Gasteiger partial charge in [0.05, 0.1) is 11.6 Å². The molecule has 2 saturated heterocycles. The highest BCUT2D eigenvalue weighted by Crippen LogP contribution is 2.38. The zero-order valence-corrected chi connectivity index (χ0v) is 13.5. The van der Waals surface area contributed by atoms with Crippen molar-refractivity contribution in [2.75, 3.05) is 31.1 Å². The molecule has 2 heterocycles. The lowest BCUT2D eigenvalue weighted by Crippen LogP contribution is -2.68. The van der Waals surface area contributed by atoms with Gasteiger partial charge in [0.1, 0.15) is 12.4 Å². The van der Waals surface area contributed by atoms with Crippen molar-refractivity contribution in [3.05, 3.63) is 30.1 Å². The van der Waals surface area contributed by atoms with Crippen LogP contribution in [0.15, 0.2) is 24.3 Å². The van der Waals surface area contributed by atoms with E-state index in [0.29, 0.717) is 0 Å². The third-order valence-corrected chi connectivity index (χ3v) is 5.39. The molecule has 0 bridgehead atoms. The summed E-state index contributed by atoms with van der Waals surface area (Å²) in [7, 11) is 0. The summed E-state index contributed by atoms with van der Waals surface area (Å²) >= 11 is 0. The van der Waals surface area contributed by atoms with Gasteiger partial charge in [-0.2, -0.15) is 0 Å². The van der Waals surface area contributed by atoms with Crippen molar-refractivity contribution in [1.82, 2.24) is 4.90 Å². The molecular formula is C18H23FN2O2. The molecule has 3 aliphatic rings. The maximum atomic E-state index is 13.2. The molecule has 4 rings (SSSR count). The Kier molecular flexibility index (Phi) is 3.65. The third-order valence-electron chi connectivity index (χ3n) is 5.39. The number of benzene rings is 1. The number of hydrogen-bond donors (Lipinski definition) is 0. The van der Waals surface area contributed by atoms with Crippen LogP contribution in [-0.2, 0) is 9.53 Å². The number of amides is 1. The first-order valence-corrected chi connectivity index (χ1v) is 8.49. The second-order valence-electron chi connectivity index (χ2n) is 7.32. The maximum Gasteiger partial charge on any atom is 0.253 e. The minimum Gasteiger partial charge on any atom is -0.362 e. The van der Waals surface area contributed by atoms with Gasteiger partial charge in [-0.15, -0.1) is 0 Å². The van der Waals surface area contributed by atoms with E-state index in [9.17, 15) is 9.18 Å². The lowest BCUT2D eigenvalue weighted by molar-refractivity contribution is -0.151. The lowest BCUT2D eigenvalue weighted by Gasteiger charge is -2.53. The quantitative estimate of drug-likeness (QED) is 0.858. The summed E-state index contributed by atoms with van der Waals surface area (Å²) < 4.78 is 19.2. The zero-order chi connectivity index (χ0) is 16.0. The molecule has 0 aromatic heterocycles. The fraction of sp³-hybridized carbons (Fsp3) is 0.611. The Bertz CT molecular complexity index is 602. The van der Waals surface area contributed by atoms with E-state index in [-0.39, 0.29) is 30.0 Å². The number of halogens is 1. The van der Waals surface area contributed by atoms with E-state index in [1.807, 2.05) is 4.90 Å². The number of anilines is 1. The average Bonchev–Trinajstić information content (AvgIpc) is 3.33.